The van der Waals surface area contributed by atoms with Crippen LogP contribution in [0.15, 0.2) is 36.5 Å². The number of fused-ring (bicyclic) bond motifs is 1. The van der Waals surface area contributed by atoms with Gasteiger partial charge in [-0.25, -0.2) is 9.18 Å². The second kappa shape index (κ2) is 7.71. The number of hydrogen-bond donors (Lipinski definition) is 0. The van der Waals surface area contributed by atoms with E-state index in [-0.39, 0.29) is 17.2 Å². The maximum atomic E-state index is 14.8. The van der Waals surface area contributed by atoms with Crippen molar-refractivity contribution in [1.82, 2.24) is 4.98 Å². The summed E-state index contributed by atoms with van der Waals surface area (Å²) in [5, 5.41) is 1.17. The molecular formula is C20H17Cl2FN2O2. The minimum Gasteiger partial charge on any atom is -0.462 e. The van der Waals surface area contributed by atoms with Crippen molar-refractivity contribution in [2.45, 2.75) is 6.92 Å². The summed E-state index contributed by atoms with van der Waals surface area (Å²) in [5.41, 5.74) is 1.96. The number of anilines is 1. The molecule has 0 aliphatic rings. The Labute approximate surface area is 166 Å². The van der Waals surface area contributed by atoms with E-state index in [0.29, 0.717) is 32.7 Å². The minimum atomic E-state index is -0.484. The van der Waals surface area contributed by atoms with Crippen molar-refractivity contribution < 1.29 is 13.9 Å². The maximum absolute atomic E-state index is 14.8. The highest BCUT2D eigenvalue weighted by molar-refractivity contribution is 6.44. The Bertz CT molecular complexity index is 1040. The lowest BCUT2D eigenvalue weighted by Gasteiger charge is -2.20. The summed E-state index contributed by atoms with van der Waals surface area (Å²) in [5.74, 6) is -0.963. The third-order valence-electron chi connectivity index (χ3n) is 4.12. The molecule has 0 N–H and O–H groups in total. The first-order valence-corrected chi connectivity index (χ1v) is 9.02. The molecule has 0 saturated heterocycles. The second-order valence-corrected chi connectivity index (χ2v) is 6.84. The van der Waals surface area contributed by atoms with Gasteiger partial charge in [-0.1, -0.05) is 35.3 Å². The van der Waals surface area contributed by atoms with Crippen molar-refractivity contribution in [3.8, 4) is 11.1 Å². The molecule has 7 heteroatoms. The van der Waals surface area contributed by atoms with Crippen molar-refractivity contribution in [3.05, 3.63) is 58.0 Å². The van der Waals surface area contributed by atoms with Gasteiger partial charge in [0.05, 0.1) is 27.9 Å². The van der Waals surface area contributed by atoms with Crippen LogP contribution >= 0.6 is 23.2 Å². The number of pyridine rings is 1. The molecule has 0 atom stereocenters. The summed E-state index contributed by atoms with van der Waals surface area (Å²) >= 11 is 12.4. The number of ether oxygens (including phenoxy) is 1. The molecule has 0 spiro atoms. The van der Waals surface area contributed by atoms with Gasteiger partial charge in [0.1, 0.15) is 11.4 Å². The van der Waals surface area contributed by atoms with Crippen LogP contribution in [-0.2, 0) is 4.74 Å². The average molecular weight is 407 g/mol. The van der Waals surface area contributed by atoms with Gasteiger partial charge in [-0.3, -0.25) is 4.98 Å². The largest absolute Gasteiger partial charge is 0.462 e. The van der Waals surface area contributed by atoms with Gasteiger partial charge in [0.2, 0.25) is 0 Å². The summed E-state index contributed by atoms with van der Waals surface area (Å²) in [6.45, 7) is 1.98. The van der Waals surface area contributed by atoms with E-state index >= 15 is 0 Å². The smallest absolute Gasteiger partial charge is 0.341 e. The van der Waals surface area contributed by atoms with Crippen molar-refractivity contribution >= 4 is 45.8 Å². The van der Waals surface area contributed by atoms with E-state index in [1.165, 1.54) is 12.3 Å². The lowest BCUT2D eigenvalue weighted by atomic mass is 9.99. The molecule has 3 aromatic rings. The van der Waals surface area contributed by atoms with Gasteiger partial charge in [0.25, 0.3) is 0 Å². The van der Waals surface area contributed by atoms with Crippen molar-refractivity contribution in [2.24, 2.45) is 0 Å². The summed E-state index contributed by atoms with van der Waals surface area (Å²) in [6, 6.07) is 7.94. The number of rotatable bonds is 4. The quantitative estimate of drug-likeness (QED) is 0.529. The van der Waals surface area contributed by atoms with E-state index in [1.807, 2.05) is 0 Å². The highest BCUT2D eigenvalue weighted by Gasteiger charge is 2.22. The zero-order valence-electron chi connectivity index (χ0n) is 15.0. The fourth-order valence-electron chi connectivity index (χ4n) is 3.02. The van der Waals surface area contributed by atoms with E-state index in [0.717, 1.165) is 0 Å². The Hall–Kier alpha value is -2.37. The number of nitrogens with zero attached hydrogens (tertiary/aromatic N) is 2. The lowest BCUT2D eigenvalue weighted by Crippen LogP contribution is -2.17. The first-order chi connectivity index (χ1) is 12.9. The van der Waals surface area contributed by atoms with Gasteiger partial charge >= 0.3 is 5.97 Å². The number of carbonyl (C=O) groups is 1. The van der Waals surface area contributed by atoms with Crippen LogP contribution in [0.4, 0.5) is 10.1 Å². The minimum absolute atomic E-state index is 0.235. The summed E-state index contributed by atoms with van der Waals surface area (Å²) in [7, 11) is 3.60. The monoisotopic (exact) mass is 406 g/mol. The third-order valence-corrected chi connectivity index (χ3v) is 4.94. The van der Waals surface area contributed by atoms with Gasteiger partial charge in [-0.15, -0.1) is 0 Å². The number of aromatic nitrogens is 1. The van der Waals surface area contributed by atoms with Crippen LogP contribution in [0.5, 0.6) is 0 Å². The molecule has 0 saturated carbocycles. The Morgan fingerprint density at radius 2 is 1.96 bits per heavy atom. The highest BCUT2D eigenvalue weighted by Crippen LogP contribution is 2.40. The predicted molar refractivity (Wildman–Crippen MR) is 107 cm³/mol. The molecule has 27 heavy (non-hydrogen) atoms. The van der Waals surface area contributed by atoms with Crippen LogP contribution in [-0.4, -0.2) is 31.7 Å². The summed E-state index contributed by atoms with van der Waals surface area (Å²) in [4.78, 5) is 18.5. The first kappa shape index (κ1) is 19.4. The number of carbonyl (C=O) groups excluding carboxylic acids is 1. The fraction of sp³-hybridized carbons (Fsp3) is 0.200. The zero-order valence-corrected chi connectivity index (χ0v) is 16.5. The van der Waals surface area contributed by atoms with E-state index in [9.17, 15) is 9.18 Å². The molecule has 0 bridgehead atoms. The predicted octanol–water partition coefficient (Wildman–Crippen LogP) is 5.59. The molecule has 3 rings (SSSR count). The van der Waals surface area contributed by atoms with E-state index in [1.54, 1.807) is 50.2 Å². The van der Waals surface area contributed by atoms with E-state index in [4.69, 9.17) is 27.9 Å². The Balaban J connectivity index is 2.38. The molecule has 1 heterocycles. The molecule has 4 nitrogen and oxygen atoms in total. The second-order valence-electron chi connectivity index (χ2n) is 6.06. The highest BCUT2D eigenvalue weighted by atomic mass is 35.5. The van der Waals surface area contributed by atoms with Crippen molar-refractivity contribution in [1.29, 1.82) is 0 Å². The standard InChI is InChI=1S/C20H17Cl2FN2O2/c1-4-27-20(26)13-10-24-18-12(19(13)25(2)3)8-9-15(23)16(18)11-6-5-7-14(21)17(11)22/h5-10H,4H2,1-3H3. The van der Waals surface area contributed by atoms with Gasteiger partial charge in [-0.05, 0) is 25.1 Å². The molecule has 0 unspecified atom stereocenters. The topological polar surface area (TPSA) is 42.4 Å². The number of hydrogen-bond acceptors (Lipinski definition) is 4. The molecule has 0 radical (unpaired) electrons. The number of halogens is 3. The van der Waals surface area contributed by atoms with E-state index in [2.05, 4.69) is 4.98 Å². The maximum Gasteiger partial charge on any atom is 0.341 e. The molecule has 0 fully saturated rings. The van der Waals surface area contributed by atoms with Crippen LogP contribution < -0.4 is 4.90 Å². The van der Waals surface area contributed by atoms with Crippen LogP contribution in [0.1, 0.15) is 17.3 Å². The molecule has 2 aromatic carbocycles. The average Bonchev–Trinajstić information content (AvgIpc) is 2.63. The van der Waals surface area contributed by atoms with E-state index < -0.39 is 11.8 Å². The molecule has 1 aromatic heterocycles. The molecular weight excluding hydrogens is 390 g/mol. The third kappa shape index (κ3) is 3.45. The van der Waals surface area contributed by atoms with Gasteiger partial charge in [0.15, 0.2) is 0 Å². The SMILES string of the molecule is CCOC(=O)c1cnc2c(-c3cccc(Cl)c3Cl)c(F)ccc2c1N(C)C. The van der Waals surface area contributed by atoms with Crippen molar-refractivity contribution in [2.75, 3.05) is 25.6 Å². The Morgan fingerprint density at radius 3 is 2.63 bits per heavy atom. The fourth-order valence-corrected chi connectivity index (χ4v) is 3.42. The molecule has 140 valence electrons. The Kier molecular flexibility index (Phi) is 5.53. The van der Waals surface area contributed by atoms with Crippen molar-refractivity contribution in [3.63, 3.8) is 0 Å². The molecule has 0 amide bonds. The normalized spacial score (nSPS) is 10.9. The van der Waals surface area contributed by atoms with Crippen LogP contribution in [0.2, 0.25) is 10.0 Å². The number of benzene rings is 2. The van der Waals surface area contributed by atoms with Crippen LogP contribution in [0.3, 0.4) is 0 Å². The summed E-state index contributed by atoms with van der Waals surface area (Å²) in [6.07, 6.45) is 1.40. The number of esters is 1. The van der Waals surface area contributed by atoms with Crippen LogP contribution in [0.25, 0.3) is 22.0 Å². The van der Waals surface area contributed by atoms with Gasteiger partial charge < -0.3 is 9.64 Å². The van der Waals surface area contributed by atoms with Crippen LogP contribution in [0, 0.1) is 5.82 Å². The molecule has 0 aliphatic carbocycles. The lowest BCUT2D eigenvalue weighted by molar-refractivity contribution is 0.0527. The summed E-state index contributed by atoms with van der Waals surface area (Å²) < 4.78 is 19.9. The zero-order chi connectivity index (χ0) is 19.7. The molecule has 0 aliphatic heterocycles. The van der Waals surface area contributed by atoms with Gasteiger partial charge in [0, 0.05) is 36.8 Å². The van der Waals surface area contributed by atoms with Gasteiger partial charge in [-0.2, -0.15) is 0 Å². The Morgan fingerprint density at radius 1 is 1.22 bits per heavy atom. The first-order valence-electron chi connectivity index (χ1n) is 8.26.